The number of nitrogens with two attached hydrogens (primary N) is 1. The Bertz CT molecular complexity index is 479. The van der Waals surface area contributed by atoms with Crippen LogP contribution in [0.4, 0.5) is 15.8 Å². The Kier molecular flexibility index (Phi) is 5.37. The molecule has 19 heavy (non-hydrogen) atoms. The number of nitrogens with zero attached hydrogens (tertiary/aromatic N) is 1. The molecule has 0 aromatic heterocycles. The van der Waals surface area contributed by atoms with Crippen LogP contribution in [0.3, 0.4) is 0 Å². The van der Waals surface area contributed by atoms with Crippen LogP contribution in [0.2, 0.25) is 0 Å². The molecular weight excluding hydrogens is 253 g/mol. The summed E-state index contributed by atoms with van der Waals surface area (Å²) in [7, 11) is 0. The van der Waals surface area contributed by atoms with E-state index in [1.165, 1.54) is 6.07 Å². The molecule has 1 atom stereocenters. The van der Waals surface area contributed by atoms with Gasteiger partial charge in [-0.1, -0.05) is 13.3 Å². The summed E-state index contributed by atoms with van der Waals surface area (Å²) in [6.45, 7) is 2.14. The first-order valence-electron chi connectivity index (χ1n) is 5.94. The number of nitro benzene ring substituents is 1. The highest BCUT2D eigenvalue weighted by Crippen LogP contribution is 2.21. The van der Waals surface area contributed by atoms with E-state index in [-0.39, 0.29) is 24.1 Å². The zero-order chi connectivity index (χ0) is 14.4. The van der Waals surface area contributed by atoms with Crippen molar-refractivity contribution in [2.75, 3.05) is 11.9 Å². The highest BCUT2D eigenvalue weighted by atomic mass is 19.1. The number of carbonyl (C=O) groups excluding carboxylic acids is 1. The molecule has 0 bridgehead atoms. The van der Waals surface area contributed by atoms with Crippen LogP contribution in [0.25, 0.3) is 0 Å². The van der Waals surface area contributed by atoms with Gasteiger partial charge in [0.2, 0.25) is 11.7 Å². The van der Waals surface area contributed by atoms with Gasteiger partial charge in [0, 0.05) is 24.4 Å². The lowest BCUT2D eigenvalue weighted by atomic mass is 10.0. The number of nitrogens with one attached hydrogen (secondary N) is 1. The van der Waals surface area contributed by atoms with Crippen LogP contribution in [-0.2, 0) is 4.79 Å². The molecule has 0 fully saturated rings. The van der Waals surface area contributed by atoms with Gasteiger partial charge in [-0.3, -0.25) is 14.9 Å². The van der Waals surface area contributed by atoms with Crippen molar-refractivity contribution in [3.63, 3.8) is 0 Å². The van der Waals surface area contributed by atoms with E-state index in [4.69, 9.17) is 5.73 Å². The van der Waals surface area contributed by atoms with Gasteiger partial charge in [-0.05, 0) is 12.5 Å². The van der Waals surface area contributed by atoms with Crippen LogP contribution in [0.1, 0.15) is 19.8 Å². The molecule has 0 heterocycles. The molecule has 0 spiro atoms. The fourth-order valence-electron chi connectivity index (χ4n) is 1.68. The van der Waals surface area contributed by atoms with Gasteiger partial charge in [-0.15, -0.1) is 0 Å². The second-order valence-corrected chi connectivity index (χ2v) is 4.13. The SMILES string of the molecule is CCCC(CN)C(=O)Nc1ccc([N+](=O)[O-])c(F)c1. The molecule has 0 radical (unpaired) electrons. The minimum atomic E-state index is -0.984. The number of hydrogen-bond donors (Lipinski definition) is 2. The van der Waals surface area contributed by atoms with Crippen molar-refractivity contribution in [3.8, 4) is 0 Å². The average molecular weight is 269 g/mol. The van der Waals surface area contributed by atoms with Gasteiger partial charge < -0.3 is 11.1 Å². The Labute approximate surface area is 109 Å². The van der Waals surface area contributed by atoms with Gasteiger partial charge in [-0.25, -0.2) is 0 Å². The molecule has 104 valence electrons. The second kappa shape index (κ2) is 6.79. The number of anilines is 1. The van der Waals surface area contributed by atoms with Crippen LogP contribution in [-0.4, -0.2) is 17.4 Å². The molecule has 7 heteroatoms. The molecule has 6 nitrogen and oxygen atoms in total. The molecule has 0 aliphatic heterocycles. The van der Waals surface area contributed by atoms with Crippen molar-refractivity contribution in [2.24, 2.45) is 11.7 Å². The first-order valence-corrected chi connectivity index (χ1v) is 5.94. The molecule has 1 amide bonds. The van der Waals surface area contributed by atoms with Crippen molar-refractivity contribution in [1.82, 2.24) is 0 Å². The average Bonchev–Trinajstić information content (AvgIpc) is 2.35. The van der Waals surface area contributed by atoms with E-state index in [0.717, 1.165) is 18.6 Å². The van der Waals surface area contributed by atoms with Crippen LogP contribution in [0, 0.1) is 21.8 Å². The van der Waals surface area contributed by atoms with E-state index >= 15 is 0 Å². The summed E-state index contributed by atoms with van der Waals surface area (Å²) in [6, 6.07) is 3.23. The van der Waals surface area contributed by atoms with Crippen molar-refractivity contribution in [3.05, 3.63) is 34.1 Å². The monoisotopic (exact) mass is 269 g/mol. The zero-order valence-corrected chi connectivity index (χ0v) is 10.6. The number of amides is 1. The topological polar surface area (TPSA) is 98.3 Å². The van der Waals surface area contributed by atoms with Crippen molar-refractivity contribution < 1.29 is 14.1 Å². The van der Waals surface area contributed by atoms with E-state index < -0.39 is 16.4 Å². The summed E-state index contributed by atoms with van der Waals surface area (Å²) in [5.41, 5.74) is 5.04. The summed E-state index contributed by atoms with van der Waals surface area (Å²) in [5, 5.41) is 13.0. The predicted molar refractivity (Wildman–Crippen MR) is 69.1 cm³/mol. The number of halogens is 1. The van der Waals surface area contributed by atoms with Crippen LogP contribution in [0.5, 0.6) is 0 Å². The fourth-order valence-corrected chi connectivity index (χ4v) is 1.68. The van der Waals surface area contributed by atoms with E-state index in [0.29, 0.717) is 6.42 Å². The van der Waals surface area contributed by atoms with E-state index in [1.54, 1.807) is 0 Å². The van der Waals surface area contributed by atoms with Crippen LogP contribution in [0.15, 0.2) is 18.2 Å². The standard InChI is InChI=1S/C12H16FN3O3/c1-2-3-8(7-14)12(17)15-9-4-5-11(16(18)19)10(13)6-9/h4-6,8H,2-3,7,14H2,1H3,(H,15,17). The molecule has 1 rings (SSSR count). The summed E-state index contributed by atoms with van der Waals surface area (Å²) >= 11 is 0. The maximum Gasteiger partial charge on any atom is 0.304 e. The summed E-state index contributed by atoms with van der Waals surface area (Å²) in [6.07, 6.45) is 1.45. The smallest absolute Gasteiger partial charge is 0.304 e. The van der Waals surface area contributed by atoms with Crippen molar-refractivity contribution >= 4 is 17.3 Å². The first-order chi connectivity index (χ1) is 8.99. The van der Waals surface area contributed by atoms with Gasteiger partial charge in [0.1, 0.15) is 0 Å². The van der Waals surface area contributed by atoms with Gasteiger partial charge in [-0.2, -0.15) is 4.39 Å². The third kappa shape index (κ3) is 3.99. The molecule has 3 N–H and O–H groups in total. The summed E-state index contributed by atoms with van der Waals surface area (Å²) in [4.78, 5) is 21.5. The number of carbonyl (C=O) groups is 1. The van der Waals surface area contributed by atoms with Gasteiger partial charge in [0.05, 0.1) is 10.8 Å². The second-order valence-electron chi connectivity index (χ2n) is 4.13. The number of hydrogen-bond acceptors (Lipinski definition) is 4. The minimum absolute atomic E-state index is 0.183. The number of benzene rings is 1. The lowest BCUT2D eigenvalue weighted by Crippen LogP contribution is -2.29. The molecule has 0 aliphatic rings. The quantitative estimate of drug-likeness (QED) is 0.610. The maximum absolute atomic E-state index is 13.4. The molecule has 1 unspecified atom stereocenters. The Balaban J connectivity index is 2.80. The molecule has 0 aliphatic carbocycles. The highest BCUT2D eigenvalue weighted by Gasteiger charge is 2.18. The molecule has 1 aromatic rings. The summed E-state index contributed by atoms with van der Waals surface area (Å²) < 4.78 is 13.4. The zero-order valence-electron chi connectivity index (χ0n) is 10.6. The normalized spacial score (nSPS) is 11.9. The lowest BCUT2D eigenvalue weighted by Gasteiger charge is -2.13. The Hall–Kier alpha value is -2.02. The third-order valence-corrected chi connectivity index (χ3v) is 2.70. The Morgan fingerprint density at radius 1 is 1.58 bits per heavy atom. The van der Waals surface area contributed by atoms with E-state index in [2.05, 4.69) is 5.32 Å². The highest BCUT2D eigenvalue weighted by molar-refractivity contribution is 5.92. The van der Waals surface area contributed by atoms with Crippen molar-refractivity contribution in [2.45, 2.75) is 19.8 Å². The van der Waals surface area contributed by atoms with Crippen molar-refractivity contribution in [1.29, 1.82) is 0 Å². The Morgan fingerprint density at radius 2 is 2.26 bits per heavy atom. The molecule has 1 aromatic carbocycles. The first kappa shape index (κ1) is 15.0. The molecule has 0 saturated carbocycles. The maximum atomic E-state index is 13.4. The van der Waals surface area contributed by atoms with Crippen LogP contribution >= 0.6 is 0 Å². The predicted octanol–water partition coefficient (Wildman–Crippen LogP) is 2.05. The van der Waals surface area contributed by atoms with Gasteiger partial charge >= 0.3 is 5.69 Å². The fraction of sp³-hybridized carbons (Fsp3) is 0.417. The summed E-state index contributed by atoms with van der Waals surface area (Å²) in [5.74, 6) is -1.64. The lowest BCUT2D eigenvalue weighted by molar-refractivity contribution is -0.387. The Morgan fingerprint density at radius 3 is 2.74 bits per heavy atom. The van der Waals surface area contributed by atoms with E-state index in [1.807, 2.05) is 6.92 Å². The van der Waals surface area contributed by atoms with Gasteiger partial charge in [0.25, 0.3) is 0 Å². The van der Waals surface area contributed by atoms with Gasteiger partial charge in [0.15, 0.2) is 0 Å². The van der Waals surface area contributed by atoms with Crippen LogP contribution < -0.4 is 11.1 Å². The third-order valence-electron chi connectivity index (χ3n) is 2.70. The largest absolute Gasteiger partial charge is 0.330 e. The number of nitro groups is 1. The molecule has 0 saturated heterocycles. The minimum Gasteiger partial charge on any atom is -0.330 e. The molecular formula is C12H16FN3O3. The van der Waals surface area contributed by atoms with E-state index in [9.17, 15) is 19.3 Å². The number of rotatable bonds is 6.